The molecule has 0 spiro atoms. The highest BCUT2D eigenvalue weighted by atomic mass is 16.5. The van der Waals surface area contributed by atoms with Crippen LogP contribution in [0.1, 0.15) is 33.1 Å². The first-order valence-electron chi connectivity index (χ1n) is 4.71. The predicted molar refractivity (Wildman–Crippen MR) is 46.7 cm³/mol. The molecule has 1 fully saturated rings. The summed E-state index contributed by atoms with van der Waals surface area (Å²) in [7, 11) is 0. The van der Waals surface area contributed by atoms with Gasteiger partial charge in [-0.15, -0.1) is 0 Å². The Morgan fingerprint density at radius 1 is 1.45 bits per heavy atom. The molecule has 2 nitrogen and oxygen atoms in total. The minimum absolute atomic E-state index is 0.483. The highest BCUT2D eigenvalue weighted by Crippen LogP contribution is 2.13. The van der Waals surface area contributed by atoms with Crippen molar-refractivity contribution < 1.29 is 4.74 Å². The van der Waals surface area contributed by atoms with Crippen molar-refractivity contribution in [3.63, 3.8) is 0 Å². The minimum atomic E-state index is 0.483. The molecule has 1 aliphatic heterocycles. The lowest BCUT2D eigenvalue weighted by Crippen LogP contribution is -2.21. The second-order valence-electron chi connectivity index (χ2n) is 3.21. The van der Waals surface area contributed by atoms with Crippen LogP contribution in [-0.4, -0.2) is 25.3 Å². The van der Waals surface area contributed by atoms with Gasteiger partial charge in [0.05, 0.1) is 6.10 Å². The summed E-state index contributed by atoms with van der Waals surface area (Å²) in [5, 5.41) is 3.47. The zero-order valence-electron chi connectivity index (χ0n) is 7.60. The maximum Gasteiger partial charge on any atom is 0.0714 e. The standard InChI is InChI=1S/C9H19NO/c1-3-5-8-6-9(7-10-8)11-4-2/h8-10H,3-7H2,1-2H3/t8-,9-/m1/s1. The largest absolute Gasteiger partial charge is 0.377 e. The molecule has 0 bridgehead atoms. The fourth-order valence-electron chi connectivity index (χ4n) is 1.71. The smallest absolute Gasteiger partial charge is 0.0714 e. The molecule has 11 heavy (non-hydrogen) atoms. The van der Waals surface area contributed by atoms with E-state index in [4.69, 9.17) is 4.74 Å². The highest BCUT2D eigenvalue weighted by Gasteiger charge is 2.22. The third-order valence-corrected chi connectivity index (χ3v) is 2.22. The van der Waals surface area contributed by atoms with E-state index in [2.05, 4.69) is 19.2 Å². The average Bonchev–Trinajstić information content (AvgIpc) is 2.38. The first kappa shape index (κ1) is 9.01. The molecule has 1 saturated heterocycles. The molecule has 66 valence electrons. The summed E-state index contributed by atoms with van der Waals surface area (Å²) < 4.78 is 5.52. The quantitative estimate of drug-likeness (QED) is 0.668. The molecule has 1 heterocycles. The van der Waals surface area contributed by atoms with Gasteiger partial charge >= 0.3 is 0 Å². The van der Waals surface area contributed by atoms with Gasteiger partial charge in [0.15, 0.2) is 0 Å². The Hall–Kier alpha value is -0.0800. The molecular weight excluding hydrogens is 138 g/mol. The molecule has 0 amide bonds. The summed E-state index contributed by atoms with van der Waals surface area (Å²) in [4.78, 5) is 0. The second-order valence-corrected chi connectivity index (χ2v) is 3.21. The van der Waals surface area contributed by atoms with Crippen molar-refractivity contribution in [1.29, 1.82) is 0 Å². The molecule has 0 radical (unpaired) electrons. The molecule has 2 heteroatoms. The van der Waals surface area contributed by atoms with Crippen LogP contribution in [0.5, 0.6) is 0 Å². The molecule has 0 aromatic heterocycles. The van der Waals surface area contributed by atoms with Gasteiger partial charge in [-0.25, -0.2) is 0 Å². The Bertz CT molecular complexity index is 93.7. The predicted octanol–water partition coefficient (Wildman–Crippen LogP) is 1.55. The van der Waals surface area contributed by atoms with Crippen LogP contribution in [0.4, 0.5) is 0 Å². The van der Waals surface area contributed by atoms with Crippen LogP contribution in [0.2, 0.25) is 0 Å². The van der Waals surface area contributed by atoms with E-state index in [1.165, 1.54) is 19.3 Å². The fraction of sp³-hybridized carbons (Fsp3) is 1.00. The fourth-order valence-corrected chi connectivity index (χ4v) is 1.71. The number of nitrogens with one attached hydrogen (secondary N) is 1. The van der Waals surface area contributed by atoms with Gasteiger partial charge in [0, 0.05) is 19.2 Å². The van der Waals surface area contributed by atoms with Crippen molar-refractivity contribution in [2.75, 3.05) is 13.2 Å². The molecule has 2 atom stereocenters. The normalized spacial score (nSPS) is 31.1. The Balaban J connectivity index is 2.12. The molecule has 0 unspecified atom stereocenters. The van der Waals surface area contributed by atoms with Crippen molar-refractivity contribution >= 4 is 0 Å². The molecule has 0 saturated carbocycles. The summed E-state index contributed by atoms with van der Waals surface area (Å²) >= 11 is 0. The molecule has 1 rings (SSSR count). The van der Waals surface area contributed by atoms with E-state index in [1.807, 2.05) is 0 Å². The Morgan fingerprint density at radius 3 is 2.91 bits per heavy atom. The van der Waals surface area contributed by atoms with Gasteiger partial charge in [0.2, 0.25) is 0 Å². The van der Waals surface area contributed by atoms with Crippen molar-refractivity contribution in [3.8, 4) is 0 Å². The van der Waals surface area contributed by atoms with Crippen LogP contribution in [0, 0.1) is 0 Å². The maximum absolute atomic E-state index is 5.52. The van der Waals surface area contributed by atoms with E-state index in [-0.39, 0.29) is 0 Å². The molecule has 0 aromatic carbocycles. The third-order valence-electron chi connectivity index (χ3n) is 2.22. The van der Waals surface area contributed by atoms with Crippen LogP contribution in [-0.2, 0) is 4.74 Å². The zero-order valence-corrected chi connectivity index (χ0v) is 7.60. The van der Waals surface area contributed by atoms with Gasteiger partial charge in [-0.1, -0.05) is 13.3 Å². The van der Waals surface area contributed by atoms with E-state index in [9.17, 15) is 0 Å². The number of rotatable bonds is 4. The van der Waals surface area contributed by atoms with E-state index >= 15 is 0 Å². The first-order chi connectivity index (χ1) is 5.36. The average molecular weight is 157 g/mol. The van der Waals surface area contributed by atoms with Gasteiger partial charge < -0.3 is 10.1 Å². The van der Waals surface area contributed by atoms with E-state index in [0.29, 0.717) is 6.10 Å². The van der Waals surface area contributed by atoms with Crippen LogP contribution in [0.15, 0.2) is 0 Å². The van der Waals surface area contributed by atoms with E-state index in [0.717, 1.165) is 19.2 Å². The highest BCUT2D eigenvalue weighted by molar-refractivity contribution is 4.81. The Labute approximate surface area is 69.3 Å². The van der Waals surface area contributed by atoms with Crippen LogP contribution in [0.3, 0.4) is 0 Å². The van der Waals surface area contributed by atoms with Gasteiger partial charge in [-0.2, -0.15) is 0 Å². The summed E-state index contributed by atoms with van der Waals surface area (Å²) in [6.07, 6.45) is 4.26. The molecule has 1 N–H and O–H groups in total. The van der Waals surface area contributed by atoms with Gasteiger partial charge in [-0.05, 0) is 19.8 Å². The number of hydrogen-bond donors (Lipinski definition) is 1. The van der Waals surface area contributed by atoms with Crippen molar-refractivity contribution in [2.45, 2.75) is 45.3 Å². The van der Waals surface area contributed by atoms with Gasteiger partial charge in [0.1, 0.15) is 0 Å². The first-order valence-corrected chi connectivity index (χ1v) is 4.71. The Morgan fingerprint density at radius 2 is 2.27 bits per heavy atom. The second kappa shape index (κ2) is 4.73. The molecular formula is C9H19NO. The minimum Gasteiger partial charge on any atom is -0.377 e. The van der Waals surface area contributed by atoms with E-state index in [1.54, 1.807) is 0 Å². The molecule has 0 aliphatic carbocycles. The summed E-state index contributed by atoms with van der Waals surface area (Å²) in [5.74, 6) is 0. The summed E-state index contributed by atoms with van der Waals surface area (Å²) in [6, 6.07) is 0.719. The number of hydrogen-bond acceptors (Lipinski definition) is 2. The monoisotopic (exact) mass is 157 g/mol. The zero-order chi connectivity index (χ0) is 8.10. The summed E-state index contributed by atoms with van der Waals surface area (Å²) in [6.45, 7) is 6.20. The van der Waals surface area contributed by atoms with Crippen molar-refractivity contribution in [3.05, 3.63) is 0 Å². The van der Waals surface area contributed by atoms with Crippen LogP contribution in [0.25, 0.3) is 0 Å². The molecule has 1 aliphatic rings. The Kier molecular flexibility index (Phi) is 3.87. The summed E-state index contributed by atoms with van der Waals surface area (Å²) in [5.41, 5.74) is 0. The third kappa shape index (κ3) is 2.80. The topological polar surface area (TPSA) is 21.3 Å². The van der Waals surface area contributed by atoms with E-state index < -0.39 is 0 Å². The van der Waals surface area contributed by atoms with Crippen molar-refractivity contribution in [2.24, 2.45) is 0 Å². The van der Waals surface area contributed by atoms with Crippen molar-refractivity contribution in [1.82, 2.24) is 5.32 Å². The number of ether oxygens (including phenoxy) is 1. The van der Waals surface area contributed by atoms with Gasteiger partial charge in [-0.3, -0.25) is 0 Å². The molecule has 0 aromatic rings. The van der Waals surface area contributed by atoms with Crippen LogP contribution < -0.4 is 5.32 Å². The van der Waals surface area contributed by atoms with Crippen LogP contribution >= 0.6 is 0 Å². The lowest BCUT2D eigenvalue weighted by molar-refractivity contribution is 0.0755. The SMILES string of the molecule is CCC[C@@H]1C[C@@H](OCC)CN1. The lowest BCUT2D eigenvalue weighted by Gasteiger charge is -2.08. The van der Waals surface area contributed by atoms with Gasteiger partial charge in [0.25, 0.3) is 0 Å². The maximum atomic E-state index is 5.52. The lowest BCUT2D eigenvalue weighted by atomic mass is 10.1.